The first kappa shape index (κ1) is 18.9. The summed E-state index contributed by atoms with van der Waals surface area (Å²) in [7, 11) is -3.51. The van der Waals surface area contributed by atoms with Crippen molar-refractivity contribution in [1.82, 2.24) is 9.29 Å². The molecule has 2 heterocycles. The normalized spacial score (nSPS) is 15.5. The largest absolute Gasteiger partial charge is 0.325 e. The van der Waals surface area contributed by atoms with Gasteiger partial charge in [0.1, 0.15) is 0 Å². The van der Waals surface area contributed by atoms with Gasteiger partial charge in [-0.25, -0.2) is 13.4 Å². The van der Waals surface area contributed by atoms with Crippen LogP contribution in [-0.4, -0.2) is 42.5 Å². The third kappa shape index (κ3) is 4.84. The molecule has 0 radical (unpaired) electrons. The lowest BCUT2D eigenvalue weighted by atomic mass is 10.2. The third-order valence-electron chi connectivity index (χ3n) is 4.06. The lowest BCUT2D eigenvalue weighted by Crippen LogP contribution is -2.35. The molecule has 0 aliphatic carbocycles. The zero-order chi connectivity index (χ0) is 18.4. The Morgan fingerprint density at radius 3 is 2.65 bits per heavy atom. The number of benzene rings is 1. The van der Waals surface area contributed by atoms with E-state index in [4.69, 9.17) is 0 Å². The summed E-state index contributed by atoms with van der Waals surface area (Å²) < 4.78 is 27.0. The molecule has 0 spiro atoms. The molecule has 1 aliphatic heterocycles. The van der Waals surface area contributed by atoms with Crippen LogP contribution in [0.15, 0.2) is 58.6 Å². The maximum absolute atomic E-state index is 12.7. The number of nitrogens with one attached hydrogen (secondary N) is 1. The van der Waals surface area contributed by atoms with Gasteiger partial charge in [0.05, 0.1) is 15.7 Å². The van der Waals surface area contributed by atoms with Gasteiger partial charge in [0.15, 0.2) is 0 Å². The van der Waals surface area contributed by atoms with E-state index >= 15 is 0 Å². The lowest BCUT2D eigenvalue weighted by molar-refractivity contribution is -0.113. The maximum Gasteiger partial charge on any atom is 0.243 e. The Morgan fingerprint density at radius 1 is 1.12 bits per heavy atom. The van der Waals surface area contributed by atoms with E-state index in [1.54, 1.807) is 24.4 Å². The molecule has 1 saturated heterocycles. The van der Waals surface area contributed by atoms with Crippen molar-refractivity contribution in [3.63, 3.8) is 0 Å². The Balaban J connectivity index is 1.64. The summed E-state index contributed by atoms with van der Waals surface area (Å²) >= 11 is 1.33. The number of pyridine rings is 1. The number of carbonyl (C=O) groups is 1. The SMILES string of the molecule is O=C(CSc1ccccn1)Nc1cccc(S(=O)(=O)N2CCCCC2)c1. The first-order valence-electron chi connectivity index (χ1n) is 8.49. The quantitative estimate of drug-likeness (QED) is 0.766. The molecule has 138 valence electrons. The highest BCUT2D eigenvalue weighted by Crippen LogP contribution is 2.23. The molecule has 8 heteroatoms. The molecule has 0 atom stereocenters. The van der Waals surface area contributed by atoms with Crippen LogP contribution in [0.5, 0.6) is 0 Å². The molecule has 26 heavy (non-hydrogen) atoms. The molecule has 2 aromatic rings. The van der Waals surface area contributed by atoms with Crippen LogP contribution in [0.3, 0.4) is 0 Å². The Kier molecular flexibility index (Phi) is 6.29. The van der Waals surface area contributed by atoms with Gasteiger partial charge in [-0.15, -0.1) is 0 Å². The highest BCUT2D eigenvalue weighted by molar-refractivity contribution is 7.99. The monoisotopic (exact) mass is 391 g/mol. The van der Waals surface area contributed by atoms with Crippen molar-refractivity contribution in [2.45, 2.75) is 29.2 Å². The predicted molar refractivity (Wildman–Crippen MR) is 103 cm³/mol. The van der Waals surface area contributed by atoms with Crippen molar-refractivity contribution in [2.75, 3.05) is 24.2 Å². The smallest absolute Gasteiger partial charge is 0.243 e. The summed E-state index contributed by atoms with van der Waals surface area (Å²) in [5.41, 5.74) is 0.481. The molecule has 0 saturated carbocycles. The van der Waals surface area contributed by atoms with E-state index in [9.17, 15) is 13.2 Å². The van der Waals surface area contributed by atoms with Crippen molar-refractivity contribution < 1.29 is 13.2 Å². The molecule has 1 aromatic carbocycles. The zero-order valence-electron chi connectivity index (χ0n) is 14.3. The van der Waals surface area contributed by atoms with Crippen LogP contribution in [-0.2, 0) is 14.8 Å². The van der Waals surface area contributed by atoms with Crippen LogP contribution in [0.1, 0.15) is 19.3 Å². The fourth-order valence-corrected chi connectivity index (χ4v) is 4.98. The standard InChI is InChI=1S/C18H21N3O3S2/c22-17(14-25-18-9-2-3-10-19-18)20-15-7-6-8-16(13-15)26(23,24)21-11-4-1-5-12-21/h2-3,6-10,13H,1,4-5,11-12,14H2,(H,20,22). The average molecular weight is 392 g/mol. The molecule has 1 N–H and O–H groups in total. The Bertz CT molecular complexity index is 851. The van der Waals surface area contributed by atoms with Crippen molar-refractivity contribution in [3.8, 4) is 0 Å². The van der Waals surface area contributed by atoms with Crippen LogP contribution in [0.2, 0.25) is 0 Å². The number of hydrogen-bond donors (Lipinski definition) is 1. The molecule has 0 unspecified atom stereocenters. The molecule has 6 nitrogen and oxygen atoms in total. The highest BCUT2D eigenvalue weighted by atomic mass is 32.2. The molecular formula is C18H21N3O3S2. The van der Waals surface area contributed by atoms with Gasteiger partial charge in [0.2, 0.25) is 15.9 Å². The number of sulfonamides is 1. The number of thioether (sulfide) groups is 1. The molecular weight excluding hydrogens is 370 g/mol. The fourth-order valence-electron chi connectivity index (χ4n) is 2.76. The van der Waals surface area contributed by atoms with Gasteiger partial charge in [-0.3, -0.25) is 4.79 Å². The number of anilines is 1. The second-order valence-corrected chi connectivity index (χ2v) is 8.93. The summed E-state index contributed by atoms with van der Waals surface area (Å²) in [4.78, 5) is 16.5. The van der Waals surface area contributed by atoms with E-state index in [2.05, 4.69) is 10.3 Å². The Morgan fingerprint density at radius 2 is 1.92 bits per heavy atom. The van der Waals surface area contributed by atoms with Crippen LogP contribution in [0.25, 0.3) is 0 Å². The molecule has 1 aliphatic rings. The average Bonchev–Trinajstić information content (AvgIpc) is 2.68. The summed E-state index contributed by atoms with van der Waals surface area (Å²) in [6.45, 7) is 1.11. The van der Waals surface area contributed by atoms with Crippen LogP contribution in [0, 0.1) is 0 Å². The number of hydrogen-bond acceptors (Lipinski definition) is 5. The van der Waals surface area contributed by atoms with Crippen molar-refractivity contribution >= 4 is 33.4 Å². The highest BCUT2D eigenvalue weighted by Gasteiger charge is 2.26. The number of amides is 1. The number of carbonyl (C=O) groups excluding carboxylic acids is 1. The van der Waals surface area contributed by atoms with Crippen LogP contribution < -0.4 is 5.32 Å². The van der Waals surface area contributed by atoms with Gasteiger partial charge in [-0.1, -0.05) is 30.3 Å². The van der Waals surface area contributed by atoms with E-state index in [0.717, 1.165) is 24.3 Å². The first-order valence-corrected chi connectivity index (χ1v) is 10.9. The van der Waals surface area contributed by atoms with Crippen molar-refractivity contribution in [3.05, 3.63) is 48.7 Å². The summed E-state index contributed by atoms with van der Waals surface area (Å²) in [6.07, 6.45) is 4.52. The van der Waals surface area contributed by atoms with Crippen molar-refractivity contribution in [1.29, 1.82) is 0 Å². The van der Waals surface area contributed by atoms with Gasteiger partial charge in [0, 0.05) is 25.0 Å². The van der Waals surface area contributed by atoms with Gasteiger partial charge < -0.3 is 5.32 Å². The van der Waals surface area contributed by atoms with E-state index in [1.165, 1.54) is 22.1 Å². The van der Waals surface area contributed by atoms with E-state index < -0.39 is 10.0 Å². The van der Waals surface area contributed by atoms with E-state index in [1.807, 2.05) is 18.2 Å². The number of aromatic nitrogens is 1. The van der Waals surface area contributed by atoms with E-state index in [0.29, 0.717) is 18.8 Å². The third-order valence-corrected chi connectivity index (χ3v) is 6.90. The summed E-state index contributed by atoms with van der Waals surface area (Å²) in [5.74, 6) is 0.00768. The molecule has 1 fully saturated rings. The van der Waals surface area contributed by atoms with Gasteiger partial charge in [-0.2, -0.15) is 4.31 Å². The lowest BCUT2D eigenvalue weighted by Gasteiger charge is -2.26. The molecule has 3 rings (SSSR count). The second kappa shape index (κ2) is 8.66. The Hall–Kier alpha value is -1.90. The number of nitrogens with zero attached hydrogens (tertiary/aromatic N) is 2. The topological polar surface area (TPSA) is 79.4 Å². The minimum atomic E-state index is -3.51. The number of piperidine rings is 1. The zero-order valence-corrected chi connectivity index (χ0v) is 15.9. The summed E-state index contributed by atoms with van der Waals surface area (Å²) in [6, 6.07) is 12.0. The maximum atomic E-state index is 12.7. The molecule has 0 bridgehead atoms. The van der Waals surface area contributed by atoms with Crippen LogP contribution in [0.4, 0.5) is 5.69 Å². The Labute approximate surface area is 158 Å². The fraction of sp³-hybridized carbons (Fsp3) is 0.333. The predicted octanol–water partition coefficient (Wildman–Crippen LogP) is 2.99. The van der Waals surface area contributed by atoms with Gasteiger partial charge >= 0.3 is 0 Å². The minimum Gasteiger partial charge on any atom is -0.325 e. The molecule has 1 amide bonds. The first-order chi connectivity index (χ1) is 12.6. The number of rotatable bonds is 6. The summed E-state index contributed by atoms with van der Waals surface area (Å²) in [5, 5.41) is 3.52. The van der Waals surface area contributed by atoms with Crippen LogP contribution >= 0.6 is 11.8 Å². The van der Waals surface area contributed by atoms with Gasteiger partial charge in [0.25, 0.3) is 0 Å². The second-order valence-electron chi connectivity index (χ2n) is 6.00. The van der Waals surface area contributed by atoms with Gasteiger partial charge in [-0.05, 0) is 43.2 Å². The van der Waals surface area contributed by atoms with E-state index in [-0.39, 0.29) is 16.6 Å². The van der Waals surface area contributed by atoms with Crippen molar-refractivity contribution in [2.24, 2.45) is 0 Å². The molecule has 1 aromatic heterocycles. The minimum absolute atomic E-state index is 0.201.